The number of furan rings is 1. The number of halogens is 3. The van der Waals surface area contributed by atoms with Crippen molar-refractivity contribution in [1.82, 2.24) is 9.29 Å². The Morgan fingerprint density at radius 1 is 1.17 bits per heavy atom. The number of carbonyl (C=O) groups excluding carboxylic acids is 1. The number of sulfonamides is 1. The molecule has 2 aliphatic heterocycles. The number of hydrogen-bond donors (Lipinski definition) is 0. The molecule has 0 amide bonds. The number of allylic oxidation sites excluding steroid dienone is 1. The first-order valence-electron chi connectivity index (χ1n) is 11.4. The number of aryl methyl sites for hydroxylation is 1. The van der Waals surface area contributed by atoms with Crippen LogP contribution in [0.5, 0.6) is 0 Å². The van der Waals surface area contributed by atoms with Gasteiger partial charge in [-0.2, -0.15) is 17.5 Å². The van der Waals surface area contributed by atoms with Crippen molar-refractivity contribution in [1.29, 1.82) is 0 Å². The molecular weight excluding hydrogens is 495 g/mol. The highest BCUT2D eigenvalue weighted by atomic mass is 32.2. The number of alkyl halides is 3. The van der Waals surface area contributed by atoms with Crippen molar-refractivity contribution >= 4 is 38.1 Å². The van der Waals surface area contributed by atoms with E-state index in [1.165, 1.54) is 16.6 Å². The van der Waals surface area contributed by atoms with Gasteiger partial charge in [0.15, 0.2) is 5.78 Å². The van der Waals surface area contributed by atoms with Crippen molar-refractivity contribution in [3.63, 3.8) is 0 Å². The third kappa shape index (κ3) is 4.72. The predicted molar refractivity (Wildman–Crippen MR) is 127 cm³/mol. The van der Waals surface area contributed by atoms with E-state index in [0.29, 0.717) is 41.5 Å². The molecule has 0 bridgehead atoms. The fourth-order valence-corrected chi connectivity index (χ4v) is 6.17. The van der Waals surface area contributed by atoms with Crippen molar-refractivity contribution in [3.05, 3.63) is 66.0 Å². The molecule has 0 radical (unpaired) electrons. The number of fused-ring (bicyclic) bond motifs is 1. The maximum absolute atomic E-state index is 13.3. The molecule has 3 aromatic rings. The zero-order valence-electron chi connectivity index (χ0n) is 19.0. The summed E-state index contributed by atoms with van der Waals surface area (Å²) in [6.07, 6.45) is -0.670. The zero-order valence-corrected chi connectivity index (χ0v) is 19.8. The van der Waals surface area contributed by atoms with Crippen molar-refractivity contribution < 1.29 is 30.8 Å². The molecule has 1 fully saturated rings. The lowest BCUT2D eigenvalue weighted by Crippen LogP contribution is -2.40. The van der Waals surface area contributed by atoms with E-state index in [-0.39, 0.29) is 30.4 Å². The Kier molecular flexibility index (Phi) is 6.29. The van der Waals surface area contributed by atoms with E-state index >= 15 is 0 Å². The first-order valence-corrected chi connectivity index (χ1v) is 12.9. The quantitative estimate of drug-likeness (QED) is 0.457. The lowest BCUT2D eigenvalue weighted by molar-refractivity contribution is -0.122. The molecule has 1 aromatic carbocycles. The van der Waals surface area contributed by atoms with E-state index in [0.717, 1.165) is 11.6 Å². The van der Waals surface area contributed by atoms with Gasteiger partial charge < -0.3 is 4.42 Å². The van der Waals surface area contributed by atoms with E-state index in [4.69, 9.17) is 4.42 Å². The largest absolute Gasteiger partial charge is 0.443 e. The van der Waals surface area contributed by atoms with Crippen LogP contribution in [0.15, 0.2) is 69.2 Å². The second-order valence-corrected chi connectivity index (χ2v) is 10.6. The van der Waals surface area contributed by atoms with E-state index in [2.05, 4.69) is 9.98 Å². The van der Waals surface area contributed by atoms with Gasteiger partial charge in [-0.25, -0.2) is 8.42 Å². The average molecular weight is 518 g/mol. The fraction of sp³-hybridized carbons (Fsp3) is 0.320. The van der Waals surface area contributed by atoms with Crippen molar-refractivity contribution in [2.24, 2.45) is 4.99 Å². The number of nitrogens with zero attached hydrogens (tertiary/aromatic N) is 3. The van der Waals surface area contributed by atoms with Crippen LogP contribution in [0.1, 0.15) is 30.5 Å². The number of para-hydroxylation sites is 1. The second-order valence-electron chi connectivity index (χ2n) is 8.76. The number of benzene rings is 1. The molecule has 0 unspecified atom stereocenters. The SMILES string of the molecule is O=C(CCc1ccnc(C2=CC(C(F)(F)F)=NC2)c1)[C@@H]1CCCN1S(=O)(=O)c1cc2ccccc2o1. The molecule has 0 spiro atoms. The summed E-state index contributed by atoms with van der Waals surface area (Å²) in [6, 6.07) is 11.0. The first-order chi connectivity index (χ1) is 17.1. The number of aliphatic imine (C=N–C) groups is 1. The van der Waals surface area contributed by atoms with Crippen LogP contribution in [-0.4, -0.2) is 54.5 Å². The third-order valence-corrected chi connectivity index (χ3v) is 8.14. The minimum atomic E-state index is -4.51. The Morgan fingerprint density at radius 2 is 1.97 bits per heavy atom. The maximum Gasteiger partial charge on any atom is 0.432 e. The van der Waals surface area contributed by atoms with E-state index in [9.17, 15) is 26.4 Å². The summed E-state index contributed by atoms with van der Waals surface area (Å²) < 4.78 is 71.9. The van der Waals surface area contributed by atoms with Crippen LogP contribution in [-0.2, 0) is 21.2 Å². The van der Waals surface area contributed by atoms with Gasteiger partial charge in [0.05, 0.1) is 18.3 Å². The van der Waals surface area contributed by atoms with Crippen LogP contribution in [0.25, 0.3) is 16.5 Å². The molecule has 36 heavy (non-hydrogen) atoms. The molecule has 0 N–H and O–H groups in total. The summed E-state index contributed by atoms with van der Waals surface area (Å²) in [4.78, 5) is 20.7. The Balaban J connectivity index is 1.27. The van der Waals surface area contributed by atoms with Crippen LogP contribution < -0.4 is 0 Å². The Labute approximate surface area is 205 Å². The van der Waals surface area contributed by atoms with E-state index < -0.39 is 28.0 Å². The van der Waals surface area contributed by atoms with Gasteiger partial charge in [-0.3, -0.25) is 14.8 Å². The Hall–Kier alpha value is -3.31. The number of Topliss-reactive ketones (excluding diaryl/α,β-unsaturated/α-hetero) is 1. The van der Waals surface area contributed by atoms with E-state index in [1.807, 2.05) is 0 Å². The summed E-state index contributed by atoms with van der Waals surface area (Å²) in [5, 5.41) is 0.476. The van der Waals surface area contributed by atoms with Gasteiger partial charge in [0.25, 0.3) is 10.0 Å². The molecule has 11 heteroatoms. The highest BCUT2D eigenvalue weighted by Crippen LogP contribution is 2.31. The van der Waals surface area contributed by atoms with Crippen LogP contribution in [0.2, 0.25) is 0 Å². The smallest absolute Gasteiger partial charge is 0.432 e. The molecule has 2 aromatic heterocycles. The predicted octanol–water partition coefficient (Wildman–Crippen LogP) is 4.58. The van der Waals surface area contributed by atoms with Gasteiger partial charge in [0.1, 0.15) is 11.3 Å². The van der Waals surface area contributed by atoms with Crippen LogP contribution in [0.4, 0.5) is 13.2 Å². The van der Waals surface area contributed by atoms with E-state index in [1.54, 1.807) is 36.4 Å². The topological polar surface area (TPSA) is 92.8 Å². The molecule has 0 aliphatic carbocycles. The highest BCUT2D eigenvalue weighted by Gasteiger charge is 2.40. The summed E-state index contributed by atoms with van der Waals surface area (Å²) in [5.41, 5.74) is 0.968. The van der Waals surface area contributed by atoms with Crippen molar-refractivity contribution in [2.45, 2.75) is 43.0 Å². The normalized spacial score (nSPS) is 19.0. The molecule has 0 saturated carbocycles. The van der Waals surface area contributed by atoms with Gasteiger partial charge in [0, 0.05) is 36.2 Å². The monoisotopic (exact) mass is 517 g/mol. The lowest BCUT2D eigenvalue weighted by Gasteiger charge is -2.21. The molecule has 7 nitrogen and oxygen atoms in total. The number of pyridine rings is 1. The standard InChI is InChI=1S/C25H22F3N3O4S/c26-25(27,28)23-13-18(15-30-23)19-12-16(9-10-29-19)7-8-21(32)20-5-3-11-31(20)36(33,34)24-14-17-4-1-2-6-22(17)35-24/h1-2,4,6,9-10,12-14,20H,3,5,7-8,11,15H2/t20-/m0/s1. The summed E-state index contributed by atoms with van der Waals surface area (Å²) in [5.74, 6) is -0.215. The number of ketones is 1. The third-order valence-electron chi connectivity index (χ3n) is 6.38. The minimum absolute atomic E-state index is 0.0869. The molecule has 188 valence electrons. The number of rotatable bonds is 7. The summed E-state index contributed by atoms with van der Waals surface area (Å²) in [7, 11) is -3.99. The summed E-state index contributed by atoms with van der Waals surface area (Å²) >= 11 is 0. The average Bonchev–Trinajstić information content (AvgIpc) is 3.61. The maximum atomic E-state index is 13.3. The van der Waals surface area contributed by atoms with Crippen molar-refractivity contribution in [2.75, 3.05) is 13.1 Å². The van der Waals surface area contributed by atoms with Gasteiger partial charge in [-0.05, 0) is 49.1 Å². The van der Waals surface area contributed by atoms with Gasteiger partial charge in [-0.1, -0.05) is 18.2 Å². The number of hydrogen-bond acceptors (Lipinski definition) is 6. The van der Waals surface area contributed by atoms with Crippen LogP contribution in [0.3, 0.4) is 0 Å². The second kappa shape index (κ2) is 9.29. The fourth-order valence-electron chi connectivity index (χ4n) is 4.54. The molecular formula is C25H22F3N3O4S. The number of aromatic nitrogens is 1. The minimum Gasteiger partial charge on any atom is -0.443 e. The zero-order chi connectivity index (χ0) is 25.5. The van der Waals surface area contributed by atoms with Gasteiger partial charge in [-0.15, -0.1) is 0 Å². The molecule has 2 aliphatic rings. The van der Waals surface area contributed by atoms with Gasteiger partial charge in [0.2, 0.25) is 5.09 Å². The lowest BCUT2D eigenvalue weighted by atomic mass is 10.0. The molecule has 1 saturated heterocycles. The van der Waals surface area contributed by atoms with Crippen LogP contribution >= 0.6 is 0 Å². The highest BCUT2D eigenvalue weighted by molar-refractivity contribution is 7.89. The molecule has 1 atom stereocenters. The Bertz CT molecular complexity index is 1460. The van der Waals surface area contributed by atoms with Crippen molar-refractivity contribution in [3.8, 4) is 0 Å². The molecule has 5 rings (SSSR count). The first kappa shape index (κ1) is 24.4. The number of carbonyl (C=O) groups is 1. The molecule has 4 heterocycles. The van der Waals surface area contributed by atoms with Crippen LogP contribution in [0, 0.1) is 0 Å². The van der Waals surface area contributed by atoms with Gasteiger partial charge >= 0.3 is 6.18 Å². The summed E-state index contributed by atoms with van der Waals surface area (Å²) in [6.45, 7) is 0.117. The Morgan fingerprint density at radius 3 is 2.72 bits per heavy atom.